The van der Waals surface area contributed by atoms with Crippen molar-refractivity contribution in [1.82, 2.24) is 14.8 Å². The smallest absolute Gasteiger partial charge is 0.257 e. The van der Waals surface area contributed by atoms with Gasteiger partial charge in [-0.15, -0.1) is 0 Å². The summed E-state index contributed by atoms with van der Waals surface area (Å²) in [6, 6.07) is 1.75. The first kappa shape index (κ1) is 12.8. The number of likely N-dealkylation sites (N-methyl/N-ethyl adjacent to an activating group) is 1. The van der Waals surface area contributed by atoms with Crippen LogP contribution < -0.4 is 5.73 Å². The second-order valence-electron chi connectivity index (χ2n) is 4.86. The number of nitrogens with zero attached hydrogens (tertiary/aromatic N) is 3. The zero-order valence-electron chi connectivity index (χ0n) is 11.0. The second-order valence-corrected chi connectivity index (χ2v) is 4.86. The van der Waals surface area contributed by atoms with Crippen molar-refractivity contribution in [2.45, 2.75) is 13.3 Å². The third kappa shape index (κ3) is 2.79. The van der Waals surface area contributed by atoms with Crippen LogP contribution in [0.15, 0.2) is 12.3 Å². The molecule has 1 saturated heterocycles. The van der Waals surface area contributed by atoms with Gasteiger partial charge < -0.3 is 15.5 Å². The number of nitrogens with two attached hydrogens (primary N) is 1. The summed E-state index contributed by atoms with van der Waals surface area (Å²) < 4.78 is 0. The first-order valence-electron chi connectivity index (χ1n) is 6.28. The molecule has 0 saturated carbocycles. The molecule has 1 fully saturated rings. The second kappa shape index (κ2) is 5.35. The Morgan fingerprint density at radius 2 is 2.11 bits per heavy atom. The molecule has 1 aromatic heterocycles. The average Bonchev–Trinajstić information content (AvgIpc) is 2.53. The van der Waals surface area contributed by atoms with Gasteiger partial charge in [0.05, 0.1) is 5.56 Å². The Morgan fingerprint density at radius 1 is 1.33 bits per heavy atom. The molecule has 0 aromatic carbocycles. The Kier molecular flexibility index (Phi) is 3.81. The molecule has 0 radical (unpaired) electrons. The van der Waals surface area contributed by atoms with Gasteiger partial charge in [0.2, 0.25) is 0 Å². The quantitative estimate of drug-likeness (QED) is 0.796. The zero-order valence-corrected chi connectivity index (χ0v) is 11.0. The first-order chi connectivity index (χ1) is 8.58. The minimum absolute atomic E-state index is 0.00435. The highest BCUT2D eigenvalue weighted by molar-refractivity contribution is 5.98. The fourth-order valence-corrected chi connectivity index (χ4v) is 2.18. The molecular formula is C13H20N4O. The van der Waals surface area contributed by atoms with E-state index >= 15 is 0 Å². The molecule has 5 nitrogen and oxygen atoms in total. The van der Waals surface area contributed by atoms with E-state index < -0.39 is 0 Å². The van der Waals surface area contributed by atoms with Gasteiger partial charge in [0.25, 0.3) is 5.91 Å². The predicted octanol–water partition coefficient (Wildman–Crippen LogP) is 0.750. The minimum Gasteiger partial charge on any atom is -0.398 e. The van der Waals surface area contributed by atoms with Gasteiger partial charge in [0.15, 0.2) is 0 Å². The van der Waals surface area contributed by atoms with Crippen LogP contribution in [0.2, 0.25) is 0 Å². The maximum Gasteiger partial charge on any atom is 0.257 e. The summed E-state index contributed by atoms with van der Waals surface area (Å²) >= 11 is 0. The van der Waals surface area contributed by atoms with E-state index in [1.54, 1.807) is 12.3 Å². The standard InChI is InChI=1S/C13H20N4O/c1-10-8-12(14)11(9-15-10)13(18)17-5-3-4-16(2)6-7-17/h8-9H,3-7H2,1-2H3,(H2,14,15). The van der Waals surface area contributed by atoms with Gasteiger partial charge >= 0.3 is 0 Å². The average molecular weight is 248 g/mol. The molecule has 0 unspecified atom stereocenters. The van der Waals surface area contributed by atoms with E-state index in [0.717, 1.165) is 38.3 Å². The van der Waals surface area contributed by atoms with Crippen molar-refractivity contribution in [3.63, 3.8) is 0 Å². The van der Waals surface area contributed by atoms with Gasteiger partial charge in [0, 0.05) is 37.2 Å². The van der Waals surface area contributed by atoms with Crippen molar-refractivity contribution in [2.24, 2.45) is 0 Å². The number of aryl methyl sites for hydroxylation is 1. The van der Waals surface area contributed by atoms with Crippen molar-refractivity contribution < 1.29 is 4.79 Å². The molecule has 2 N–H and O–H groups in total. The van der Waals surface area contributed by atoms with Gasteiger partial charge in [0.1, 0.15) is 0 Å². The van der Waals surface area contributed by atoms with Crippen LogP contribution in [0, 0.1) is 6.92 Å². The molecular weight excluding hydrogens is 228 g/mol. The summed E-state index contributed by atoms with van der Waals surface area (Å²) in [5.74, 6) is -0.00435. The molecule has 1 aliphatic rings. The van der Waals surface area contributed by atoms with Crippen molar-refractivity contribution >= 4 is 11.6 Å². The number of pyridine rings is 1. The Balaban J connectivity index is 2.15. The highest BCUT2D eigenvalue weighted by Gasteiger charge is 2.20. The molecule has 98 valence electrons. The number of amides is 1. The molecule has 2 heterocycles. The lowest BCUT2D eigenvalue weighted by Crippen LogP contribution is -2.35. The summed E-state index contributed by atoms with van der Waals surface area (Å²) in [5, 5.41) is 0. The fourth-order valence-electron chi connectivity index (χ4n) is 2.18. The van der Waals surface area contributed by atoms with Crippen molar-refractivity contribution in [3.05, 3.63) is 23.5 Å². The number of carbonyl (C=O) groups excluding carboxylic acids is 1. The van der Waals surface area contributed by atoms with Crippen LogP contribution in [0.5, 0.6) is 0 Å². The highest BCUT2D eigenvalue weighted by Crippen LogP contribution is 2.15. The van der Waals surface area contributed by atoms with Crippen molar-refractivity contribution in [1.29, 1.82) is 0 Å². The van der Waals surface area contributed by atoms with Crippen LogP contribution >= 0.6 is 0 Å². The molecule has 0 atom stereocenters. The third-order valence-electron chi connectivity index (χ3n) is 3.31. The Labute approximate surface area is 108 Å². The molecule has 1 amide bonds. The molecule has 1 aromatic rings. The maximum atomic E-state index is 12.4. The molecule has 5 heteroatoms. The number of hydrogen-bond acceptors (Lipinski definition) is 4. The van der Waals surface area contributed by atoms with E-state index in [1.165, 1.54) is 0 Å². The lowest BCUT2D eigenvalue weighted by Gasteiger charge is -2.21. The Hall–Kier alpha value is -1.62. The number of carbonyl (C=O) groups is 1. The van der Waals surface area contributed by atoms with E-state index in [-0.39, 0.29) is 5.91 Å². The van der Waals surface area contributed by atoms with E-state index in [1.807, 2.05) is 11.8 Å². The van der Waals surface area contributed by atoms with Gasteiger partial charge in [-0.3, -0.25) is 9.78 Å². The van der Waals surface area contributed by atoms with Gasteiger partial charge in [-0.2, -0.15) is 0 Å². The molecule has 0 aliphatic carbocycles. The lowest BCUT2D eigenvalue weighted by molar-refractivity contribution is 0.0763. The number of rotatable bonds is 1. The summed E-state index contributed by atoms with van der Waals surface area (Å²) in [7, 11) is 2.08. The number of hydrogen-bond donors (Lipinski definition) is 1. The zero-order chi connectivity index (χ0) is 13.1. The Morgan fingerprint density at radius 3 is 2.83 bits per heavy atom. The van der Waals surface area contributed by atoms with E-state index in [2.05, 4.69) is 16.9 Å². The van der Waals surface area contributed by atoms with Crippen LogP contribution in [0.1, 0.15) is 22.5 Å². The summed E-state index contributed by atoms with van der Waals surface area (Å²) in [4.78, 5) is 20.6. The topological polar surface area (TPSA) is 62.5 Å². The molecule has 2 rings (SSSR count). The predicted molar refractivity (Wildman–Crippen MR) is 71.4 cm³/mol. The number of anilines is 1. The molecule has 0 bridgehead atoms. The van der Waals surface area contributed by atoms with Crippen LogP contribution in [0.3, 0.4) is 0 Å². The fraction of sp³-hybridized carbons (Fsp3) is 0.538. The molecule has 18 heavy (non-hydrogen) atoms. The monoisotopic (exact) mass is 248 g/mol. The maximum absolute atomic E-state index is 12.4. The van der Waals surface area contributed by atoms with Crippen LogP contribution in [0.4, 0.5) is 5.69 Å². The van der Waals surface area contributed by atoms with Crippen LogP contribution in [0.25, 0.3) is 0 Å². The first-order valence-corrected chi connectivity index (χ1v) is 6.28. The van der Waals surface area contributed by atoms with Gasteiger partial charge in [-0.1, -0.05) is 0 Å². The molecule has 1 aliphatic heterocycles. The van der Waals surface area contributed by atoms with Crippen molar-refractivity contribution in [2.75, 3.05) is 39.0 Å². The summed E-state index contributed by atoms with van der Waals surface area (Å²) in [6.45, 7) is 5.35. The normalized spacial score (nSPS) is 17.6. The minimum atomic E-state index is -0.00435. The third-order valence-corrected chi connectivity index (χ3v) is 3.31. The SMILES string of the molecule is Cc1cc(N)c(C(=O)N2CCCN(C)CC2)cn1. The number of aromatic nitrogens is 1. The number of nitrogen functional groups attached to an aromatic ring is 1. The van der Waals surface area contributed by atoms with Gasteiger partial charge in [-0.05, 0) is 33.0 Å². The van der Waals surface area contributed by atoms with Gasteiger partial charge in [-0.25, -0.2) is 0 Å². The van der Waals surface area contributed by atoms with E-state index in [9.17, 15) is 4.79 Å². The molecule has 0 spiro atoms. The highest BCUT2D eigenvalue weighted by atomic mass is 16.2. The van der Waals surface area contributed by atoms with Crippen LogP contribution in [-0.2, 0) is 0 Å². The lowest BCUT2D eigenvalue weighted by atomic mass is 10.2. The van der Waals surface area contributed by atoms with Crippen LogP contribution in [-0.4, -0.2) is 53.9 Å². The van der Waals surface area contributed by atoms with E-state index in [0.29, 0.717) is 11.3 Å². The Bertz CT molecular complexity index is 447. The van der Waals surface area contributed by atoms with E-state index in [4.69, 9.17) is 5.73 Å². The summed E-state index contributed by atoms with van der Waals surface area (Å²) in [6.07, 6.45) is 2.59. The largest absolute Gasteiger partial charge is 0.398 e. The van der Waals surface area contributed by atoms with Crippen molar-refractivity contribution in [3.8, 4) is 0 Å². The summed E-state index contributed by atoms with van der Waals surface area (Å²) in [5.41, 5.74) is 7.77.